The van der Waals surface area contributed by atoms with Crippen molar-refractivity contribution in [1.29, 1.82) is 0 Å². The van der Waals surface area contributed by atoms with E-state index < -0.39 is 17.7 Å². The summed E-state index contributed by atoms with van der Waals surface area (Å²) in [5.41, 5.74) is -0.609. The average Bonchev–Trinajstić information content (AvgIpc) is 2.43. The van der Waals surface area contributed by atoms with E-state index in [9.17, 15) is 9.59 Å². The largest absolute Gasteiger partial charge is 0.486 e. The van der Waals surface area contributed by atoms with Crippen LogP contribution in [0.1, 0.15) is 27.7 Å². The van der Waals surface area contributed by atoms with Gasteiger partial charge >= 0.3 is 12.1 Å². The third-order valence-corrected chi connectivity index (χ3v) is 2.27. The first kappa shape index (κ1) is 18.5. The number of ether oxygens (including phenoxy) is 3. The Labute approximate surface area is 135 Å². The van der Waals surface area contributed by atoms with Crippen molar-refractivity contribution in [2.24, 2.45) is 0 Å². The lowest BCUT2D eigenvalue weighted by Crippen LogP contribution is -2.27. The van der Waals surface area contributed by atoms with Gasteiger partial charge in [-0.3, -0.25) is 5.32 Å². The van der Waals surface area contributed by atoms with Gasteiger partial charge in [0.15, 0.2) is 11.6 Å². The molecule has 1 aromatic heterocycles. The van der Waals surface area contributed by atoms with Gasteiger partial charge in [0.05, 0.1) is 6.61 Å². The summed E-state index contributed by atoms with van der Waals surface area (Å²) < 4.78 is 15.4. The molecule has 23 heavy (non-hydrogen) atoms. The molecule has 7 nitrogen and oxygen atoms in total. The van der Waals surface area contributed by atoms with E-state index >= 15 is 0 Å². The number of hydrogen-bond acceptors (Lipinski definition) is 6. The maximum Gasteiger partial charge on any atom is 0.413 e. The number of amides is 1. The molecule has 1 N–H and O–H groups in total. The van der Waals surface area contributed by atoms with E-state index in [1.165, 1.54) is 18.3 Å². The average molecular weight is 322 g/mol. The number of nitrogens with one attached hydrogen (secondary N) is 1. The lowest BCUT2D eigenvalue weighted by Gasteiger charge is -2.20. The van der Waals surface area contributed by atoms with Crippen LogP contribution in [0.2, 0.25) is 0 Å². The summed E-state index contributed by atoms with van der Waals surface area (Å²) in [5, 5.41) is 2.52. The second kappa shape index (κ2) is 8.77. The number of hydrogen-bond donors (Lipinski definition) is 1. The van der Waals surface area contributed by atoms with Crippen molar-refractivity contribution in [2.75, 3.05) is 18.5 Å². The van der Waals surface area contributed by atoms with Gasteiger partial charge in [0.25, 0.3) is 0 Å². The van der Waals surface area contributed by atoms with Crippen LogP contribution in [-0.2, 0) is 14.3 Å². The van der Waals surface area contributed by atoms with Crippen molar-refractivity contribution >= 4 is 17.9 Å². The number of pyridine rings is 1. The fraction of sp³-hybridized carbons (Fsp3) is 0.438. The van der Waals surface area contributed by atoms with Gasteiger partial charge in [-0.2, -0.15) is 0 Å². The maximum absolute atomic E-state index is 11.8. The summed E-state index contributed by atoms with van der Waals surface area (Å²) >= 11 is 0. The SMILES string of the molecule is CCOC(=O)/C=C/COc1cccnc1NC(=O)OC(C)(C)C. The standard InChI is InChI=1S/C16H22N2O5/c1-5-21-13(19)9-7-11-22-12-8-6-10-17-14(12)18-15(20)23-16(2,3)4/h6-10H,5,11H2,1-4H3,(H,17,18,20)/b9-7+. The Morgan fingerprint density at radius 3 is 2.74 bits per heavy atom. The zero-order valence-electron chi connectivity index (χ0n) is 13.8. The van der Waals surface area contributed by atoms with Gasteiger partial charge in [-0.1, -0.05) is 0 Å². The molecule has 0 unspecified atom stereocenters. The van der Waals surface area contributed by atoms with Crippen molar-refractivity contribution in [3.8, 4) is 5.75 Å². The molecule has 0 saturated carbocycles. The molecular formula is C16H22N2O5. The number of esters is 1. The predicted octanol–water partition coefficient (Wildman–Crippen LogP) is 2.93. The fourth-order valence-corrected chi connectivity index (χ4v) is 1.47. The summed E-state index contributed by atoms with van der Waals surface area (Å²) in [5.74, 6) is 0.174. The van der Waals surface area contributed by atoms with Gasteiger partial charge in [0, 0.05) is 12.3 Å². The topological polar surface area (TPSA) is 86.8 Å². The summed E-state index contributed by atoms with van der Waals surface area (Å²) in [6, 6.07) is 3.32. The molecule has 0 aliphatic heterocycles. The minimum absolute atomic E-state index is 0.132. The Morgan fingerprint density at radius 1 is 1.35 bits per heavy atom. The first-order valence-corrected chi connectivity index (χ1v) is 7.23. The van der Waals surface area contributed by atoms with E-state index in [1.54, 1.807) is 39.8 Å². The minimum Gasteiger partial charge on any atom is -0.486 e. The third-order valence-electron chi connectivity index (χ3n) is 2.27. The van der Waals surface area contributed by atoms with Crippen LogP contribution in [0.15, 0.2) is 30.5 Å². The highest BCUT2D eigenvalue weighted by molar-refractivity contribution is 5.85. The molecule has 0 aromatic carbocycles. The van der Waals surface area contributed by atoms with E-state index in [0.717, 1.165) is 0 Å². The van der Waals surface area contributed by atoms with Crippen molar-refractivity contribution < 1.29 is 23.8 Å². The Kier molecular flexibility index (Phi) is 7.05. The summed E-state index contributed by atoms with van der Waals surface area (Å²) in [7, 11) is 0. The second-order valence-corrected chi connectivity index (χ2v) is 5.44. The summed E-state index contributed by atoms with van der Waals surface area (Å²) in [6.45, 7) is 7.48. The molecule has 0 saturated heterocycles. The monoisotopic (exact) mass is 322 g/mol. The molecule has 126 valence electrons. The van der Waals surface area contributed by atoms with Crippen molar-refractivity contribution in [3.63, 3.8) is 0 Å². The quantitative estimate of drug-likeness (QED) is 0.640. The summed E-state index contributed by atoms with van der Waals surface area (Å²) in [4.78, 5) is 27.0. The minimum atomic E-state index is -0.622. The zero-order chi connectivity index (χ0) is 17.3. The Bertz CT molecular complexity index is 564. The summed E-state index contributed by atoms with van der Waals surface area (Å²) in [6.07, 6.45) is 3.69. The number of aromatic nitrogens is 1. The van der Waals surface area contributed by atoms with Crippen LogP contribution >= 0.6 is 0 Å². The Balaban J connectivity index is 2.60. The number of anilines is 1. The van der Waals surface area contributed by atoms with Crippen molar-refractivity contribution in [3.05, 3.63) is 30.5 Å². The molecule has 0 aliphatic carbocycles. The van der Waals surface area contributed by atoms with Gasteiger partial charge in [0.2, 0.25) is 0 Å². The van der Waals surface area contributed by atoms with Crippen molar-refractivity contribution in [1.82, 2.24) is 4.98 Å². The number of carbonyl (C=O) groups excluding carboxylic acids is 2. The molecule has 7 heteroatoms. The first-order chi connectivity index (χ1) is 10.8. The van der Waals surface area contributed by atoms with Crippen molar-refractivity contribution in [2.45, 2.75) is 33.3 Å². The van der Waals surface area contributed by atoms with Gasteiger partial charge < -0.3 is 14.2 Å². The first-order valence-electron chi connectivity index (χ1n) is 7.23. The lowest BCUT2D eigenvalue weighted by atomic mass is 10.2. The van der Waals surface area contributed by atoms with Crippen LogP contribution in [0.5, 0.6) is 5.75 Å². The predicted molar refractivity (Wildman–Crippen MR) is 85.4 cm³/mol. The molecule has 1 rings (SSSR count). The fourth-order valence-electron chi connectivity index (χ4n) is 1.47. The van der Waals surface area contributed by atoms with Crippen LogP contribution in [0.4, 0.5) is 10.6 Å². The van der Waals surface area contributed by atoms with E-state index in [2.05, 4.69) is 10.3 Å². The number of carbonyl (C=O) groups is 2. The molecule has 0 radical (unpaired) electrons. The lowest BCUT2D eigenvalue weighted by molar-refractivity contribution is -0.137. The third kappa shape index (κ3) is 7.85. The van der Waals surface area contributed by atoms with E-state index in [4.69, 9.17) is 14.2 Å². The molecule has 0 bridgehead atoms. The van der Waals surface area contributed by atoms with Crippen LogP contribution in [0.3, 0.4) is 0 Å². The van der Waals surface area contributed by atoms with E-state index in [-0.39, 0.29) is 12.4 Å². The molecule has 1 amide bonds. The highest BCUT2D eigenvalue weighted by atomic mass is 16.6. The zero-order valence-corrected chi connectivity index (χ0v) is 13.8. The highest BCUT2D eigenvalue weighted by Crippen LogP contribution is 2.21. The highest BCUT2D eigenvalue weighted by Gasteiger charge is 2.17. The molecule has 0 fully saturated rings. The van der Waals surface area contributed by atoms with Crippen LogP contribution < -0.4 is 10.1 Å². The molecular weight excluding hydrogens is 300 g/mol. The normalized spacial score (nSPS) is 11.1. The second-order valence-electron chi connectivity index (χ2n) is 5.44. The van der Waals surface area contributed by atoms with Crippen LogP contribution in [0, 0.1) is 0 Å². The number of rotatable bonds is 6. The van der Waals surface area contributed by atoms with Gasteiger partial charge in [-0.05, 0) is 45.9 Å². The van der Waals surface area contributed by atoms with Crippen LogP contribution in [-0.4, -0.2) is 35.9 Å². The van der Waals surface area contributed by atoms with E-state index in [1.807, 2.05) is 0 Å². The maximum atomic E-state index is 11.8. The van der Waals surface area contributed by atoms with Gasteiger partial charge in [0.1, 0.15) is 12.2 Å². The molecule has 0 spiro atoms. The smallest absolute Gasteiger partial charge is 0.413 e. The van der Waals surface area contributed by atoms with E-state index in [0.29, 0.717) is 12.4 Å². The van der Waals surface area contributed by atoms with Gasteiger partial charge in [-0.15, -0.1) is 0 Å². The molecule has 1 heterocycles. The van der Waals surface area contributed by atoms with Crippen LogP contribution in [0.25, 0.3) is 0 Å². The molecule has 0 aliphatic rings. The van der Waals surface area contributed by atoms with Gasteiger partial charge in [-0.25, -0.2) is 14.6 Å². The Hall–Kier alpha value is -2.57. The Morgan fingerprint density at radius 2 is 2.09 bits per heavy atom. The molecule has 0 atom stereocenters. The number of nitrogens with zero attached hydrogens (tertiary/aromatic N) is 1. The molecule has 1 aromatic rings.